The summed E-state index contributed by atoms with van der Waals surface area (Å²) >= 11 is 4.04. The smallest absolute Gasteiger partial charge is 0.254 e. The molecule has 0 radical (unpaired) electrons. The average Bonchev–Trinajstić information content (AvgIpc) is 3.62. The Morgan fingerprint density at radius 2 is 1.97 bits per heavy atom. The molecule has 1 amide bonds. The number of halogens is 2. The molecule has 182 valence electrons. The Labute approximate surface area is 210 Å². The van der Waals surface area contributed by atoms with Gasteiger partial charge in [0.2, 0.25) is 0 Å². The first-order valence-electron chi connectivity index (χ1n) is 12.4. The van der Waals surface area contributed by atoms with Crippen LogP contribution in [0.15, 0.2) is 30.3 Å². The lowest BCUT2D eigenvalue weighted by atomic mass is 9.95. The fourth-order valence-electron chi connectivity index (χ4n) is 5.21. The molecule has 7 heteroatoms. The molecular weight excluding hydrogens is 495 g/mol. The van der Waals surface area contributed by atoms with E-state index in [1.54, 1.807) is 6.07 Å². The van der Waals surface area contributed by atoms with Gasteiger partial charge in [0.25, 0.3) is 5.91 Å². The predicted octanol–water partition coefficient (Wildman–Crippen LogP) is 5.02. The molecule has 1 saturated heterocycles. The van der Waals surface area contributed by atoms with Crippen molar-refractivity contribution >= 4 is 33.2 Å². The zero-order valence-electron chi connectivity index (χ0n) is 20.3. The highest BCUT2D eigenvalue weighted by molar-refractivity contribution is 9.09. The minimum Gasteiger partial charge on any atom is -0.379 e. The molecule has 2 unspecified atom stereocenters. The lowest BCUT2D eigenvalue weighted by Crippen LogP contribution is -2.46. The van der Waals surface area contributed by atoms with Gasteiger partial charge in [-0.25, -0.2) is 4.39 Å². The first-order chi connectivity index (χ1) is 16.3. The first-order valence-corrected chi connectivity index (χ1v) is 13.2. The molecule has 2 atom stereocenters. The fourth-order valence-corrected chi connectivity index (χ4v) is 5.76. The van der Waals surface area contributed by atoms with Crippen molar-refractivity contribution in [2.24, 2.45) is 5.92 Å². The summed E-state index contributed by atoms with van der Waals surface area (Å²) in [7, 11) is 0. The summed E-state index contributed by atoms with van der Waals surface area (Å²) in [5.41, 5.74) is 6.04. The van der Waals surface area contributed by atoms with E-state index < -0.39 is 0 Å². The fraction of sp³-hybridized carbons (Fsp3) is 0.519. The highest BCUT2D eigenvalue weighted by atomic mass is 79.9. The van der Waals surface area contributed by atoms with Crippen LogP contribution in [0.2, 0.25) is 0 Å². The Bertz CT molecular complexity index is 1090. The van der Waals surface area contributed by atoms with Crippen molar-refractivity contribution < 1.29 is 9.18 Å². The second-order valence-corrected chi connectivity index (χ2v) is 11.9. The van der Waals surface area contributed by atoms with Gasteiger partial charge in [0, 0.05) is 50.9 Å². The van der Waals surface area contributed by atoms with Gasteiger partial charge < -0.3 is 20.4 Å². The van der Waals surface area contributed by atoms with Crippen LogP contribution in [0.25, 0.3) is 0 Å². The van der Waals surface area contributed by atoms with Crippen LogP contribution in [0, 0.1) is 18.7 Å². The Hall–Kier alpha value is -2.12. The Kier molecular flexibility index (Phi) is 6.36. The van der Waals surface area contributed by atoms with Gasteiger partial charge in [0.15, 0.2) is 0 Å². The largest absolute Gasteiger partial charge is 0.379 e. The van der Waals surface area contributed by atoms with E-state index in [1.165, 1.54) is 30.2 Å². The molecule has 1 aliphatic carbocycles. The number of anilines is 2. The van der Waals surface area contributed by atoms with E-state index in [9.17, 15) is 9.18 Å². The van der Waals surface area contributed by atoms with Crippen LogP contribution >= 0.6 is 15.9 Å². The third-order valence-corrected chi connectivity index (χ3v) is 8.84. The number of amides is 1. The van der Waals surface area contributed by atoms with Crippen molar-refractivity contribution in [3.05, 3.63) is 58.4 Å². The molecule has 2 heterocycles. The molecule has 2 aromatic carbocycles. The minimum atomic E-state index is -0.251. The summed E-state index contributed by atoms with van der Waals surface area (Å²) in [6.07, 6.45) is 2.57. The molecule has 5 nitrogen and oxygen atoms in total. The molecule has 34 heavy (non-hydrogen) atoms. The Balaban J connectivity index is 1.54. The number of fused-ring (bicyclic) bond motifs is 1. The van der Waals surface area contributed by atoms with Gasteiger partial charge in [-0.05, 0) is 80.5 Å². The molecule has 3 aliphatic rings. The van der Waals surface area contributed by atoms with E-state index in [-0.39, 0.29) is 22.1 Å². The highest BCUT2D eigenvalue weighted by Crippen LogP contribution is 2.54. The van der Waals surface area contributed by atoms with E-state index in [0.717, 1.165) is 61.0 Å². The molecule has 2 aliphatic heterocycles. The molecule has 0 bridgehead atoms. The number of carbonyl (C=O) groups excluding carboxylic acids is 1. The number of carbonyl (C=O) groups is 1. The van der Waals surface area contributed by atoms with Crippen LogP contribution in [-0.4, -0.2) is 49.6 Å². The number of hydrogen-bond acceptors (Lipinski definition) is 4. The SMILES string of the molecule is Cc1cc(F)ccc1CNc1cc(C(=O)N2CCNCC2)cc2c1N(CC1CC1)C(C)C2(C)Br. The molecular formula is C27H34BrFN4O. The summed E-state index contributed by atoms with van der Waals surface area (Å²) in [6.45, 7) is 11.1. The van der Waals surface area contributed by atoms with Gasteiger partial charge >= 0.3 is 0 Å². The van der Waals surface area contributed by atoms with Crippen LogP contribution in [0.1, 0.15) is 53.7 Å². The summed E-state index contributed by atoms with van der Waals surface area (Å²) in [4.78, 5) is 17.9. The average molecular weight is 529 g/mol. The number of benzene rings is 2. The number of rotatable bonds is 6. The lowest BCUT2D eigenvalue weighted by molar-refractivity contribution is 0.0735. The van der Waals surface area contributed by atoms with E-state index >= 15 is 0 Å². The maximum Gasteiger partial charge on any atom is 0.254 e. The van der Waals surface area contributed by atoms with Crippen molar-refractivity contribution in [1.29, 1.82) is 0 Å². The maximum absolute atomic E-state index is 13.6. The summed E-state index contributed by atoms with van der Waals surface area (Å²) in [5, 5.41) is 6.96. The highest BCUT2D eigenvalue weighted by Gasteiger charge is 2.46. The minimum absolute atomic E-state index is 0.0851. The lowest BCUT2D eigenvalue weighted by Gasteiger charge is -2.31. The van der Waals surface area contributed by atoms with Gasteiger partial charge in [0.1, 0.15) is 5.82 Å². The van der Waals surface area contributed by atoms with Crippen molar-refractivity contribution in [3.8, 4) is 0 Å². The Morgan fingerprint density at radius 3 is 2.65 bits per heavy atom. The molecule has 1 saturated carbocycles. The second kappa shape index (κ2) is 9.15. The van der Waals surface area contributed by atoms with Gasteiger partial charge in [0.05, 0.1) is 15.7 Å². The standard InChI is InChI=1S/C27H34BrFN4O/c1-17-12-22(29)7-6-20(17)15-31-24-14-21(26(34)32-10-8-30-9-11-32)13-23-25(24)33(16-19-4-5-19)18(2)27(23,3)28/h6-7,12-14,18-19,30-31H,4-5,8-11,15-16H2,1-3H3. The predicted molar refractivity (Wildman–Crippen MR) is 139 cm³/mol. The number of aryl methyl sites for hydroxylation is 1. The second-order valence-electron chi connectivity index (χ2n) is 10.2. The third kappa shape index (κ3) is 4.44. The molecule has 5 rings (SSSR count). The molecule has 2 N–H and O–H groups in total. The van der Waals surface area contributed by atoms with Gasteiger partial charge in [-0.15, -0.1) is 0 Å². The van der Waals surface area contributed by atoms with E-state index in [2.05, 4.69) is 51.4 Å². The van der Waals surface area contributed by atoms with Crippen LogP contribution in [0.4, 0.5) is 15.8 Å². The van der Waals surface area contributed by atoms with Crippen molar-refractivity contribution in [2.75, 3.05) is 42.9 Å². The van der Waals surface area contributed by atoms with Crippen molar-refractivity contribution in [3.63, 3.8) is 0 Å². The molecule has 2 aromatic rings. The topological polar surface area (TPSA) is 47.6 Å². The van der Waals surface area contributed by atoms with Crippen molar-refractivity contribution in [2.45, 2.75) is 50.5 Å². The number of nitrogens with one attached hydrogen (secondary N) is 2. The van der Waals surface area contributed by atoms with E-state index in [4.69, 9.17) is 0 Å². The zero-order chi connectivity index (χ0) is 24.0. The molecule has 0 spiro atoms. The monoisotopic (exact) mass is 528 g/mol. The first kappa shape index (κ1) is 23.6. The number of nitrogens with zero attached hydrogens (tertiary/aromatic N) is 2. The molecule has 0 aromatic heterocycles. The Morgan fingerprint density at radius 1 is 1.24 bits per heavy atom. The van der Waals surface area contributed by atoms with Crippen molar-refractivity contribution in [1.82, 2.24) is 10.2 Å². The zero-order valence-corrected chi connectivity index (χ0v) is 21.8. The van der Waals surface area contributed by atoms with E-state index in [0.29, 0.717) is 6.54 Å². The maximum atomic E-state index is 13.6. The van der Waals surface area contributed by atoms with Gasteiger partial charge in [-0.3, -0.25) is 4.79 Å². The number of piperazine rings is 1. The van der Waals surface area contributed by atoms with Crippen LogP contribution in [0.5, 0.6) is 0 Å². The third-order valence-electron chi connectivity index (χ3n) is 7.75. The number of alkyl halides is 1. The molecule has 2 fully saturated rings. The number of hydrogen-bond donors (Lipinski definition) is 2. The summed E-state index contributed by atoms with van der Waals surface area (Å²) in [6, 6.07) is 9.32. The summed E-state index contributed by atoms with van der Waals surface area (Å²) in [5.74, 6) is 0.609. The van der Waals surface area contributed by atoms with E-state index in [1.807, 2.05) is 24.0 Å². The normalized spacial score (nSPS) is 24.3. The summed E-state index contributed by atoms with van der Waals surface area (Å²) < 4.78 is 13.4. The van der Waals surface area contributed by atoms with Gasteiger partial charge in [-0.1, -0.05) is 22.0 Å². The van der Waals surface area contributed by atoms with Gasteiger partial charge in [-0.2, -0.15) is 0 Å². The van der Waals surface area contributed by atoms with Crippen LogP contribution in [0.3, 0.4) is 0 Å². The quantitative estimate of drug-likeness (QED) is 0.516. The van der Waals surface area contributed by atoms with Crippen LogP contribution < -0.4 is 15.5 Å². The van der Waals surface area contributed by atoms with Crippen LogP contribution in [-0.2, 0) is 10.9 Å².